The van der Waals surface area contributed by atoms with Crippen LogP contribution < -0.4 is 4.90 Å². The molecule has 7 aromatic carbocycles. The minimum Gasteiger partial charge on any atom is -0.308 e. The Kier molecular flexibility index (Phi) is 7.09. The molecule has 8 rings (SSSR count). The van der Waals surface area contributed by atoms with Crippen molar-refractivity contribution in [2.45, 2.75) is 19.6 Å². The molecule has 0 unspecified atom stereocenters. The molecular formula is C43H31NOS. The van der Waals surface area contributed by atoms with Gasteiger partial charge >= 0.3 is 0 Å². The molecule has 0 atom stereocenters. The lowest BCUT2D eigenvalue weighted by molar-refractivity contribution is 0.103. The maximum Gasteiger partial charge on any atom is 0.193 e. The zero-order valence-corrected chi connectivity index (χ0v) is 26.0. The zero-order chi connectivity index (χ0) is 30.9. The van der Waals surface area contributed by atoms with Gasteiger partial charge in [-0.05, 0) is 60.2 Å². The molecule has 0 fully saturated rings. The maximum atomic E-state index is 13.2. The maximum absolute atomic E-state index is 13.2. The number of anilines is 3. The van der Waals surface area contributed by atoms with Crippen molar-refractivity contribution < 1.29 is 4.79 Å². The molecule has 1 heterocycles. The van der Waals surface area contributed by atoms with E-state index in [-0.39, 0.29) is 5.78 Å². The van der Waals surface area contributed by atoms with Crippen molar-refractivity contribution in [2.24, 2.45) is 0 Å². The summed E-state index contributed by atoms with van der Waals surface area (Å²) < 4.78 is 0. The SMILES string of the molecule is O=C(c1ccccc1)c1ccc(-c2ccccc2N2c3ccccc3S(c3ccccc3)(c3ccccc3)c3ccccc32)cc1. The largest absolute Gasteiger partial charge is 0.308 e. The minimum atomic E-state index is -1.81. The molecular weight excluding hydrogens is 579 g/mol. The summed E-state index contributed by atoms with van der Waals surface area (Å²) >= 11 is 0. The van der Waals surface area contributed by atoms with Crippen LogP contribution in [0.5, 0.6) is 0 Å². The second-order valence-electron chi connectivity index (χ2n) is 11.3. The molecule has 7 aromatic rings. The van der Waals surface area contributed by atoms with Crippen LogP contribution in [0.15, 0.2) is 208 Å². The normalized spacial score (nSPS) is 13.7. The van der Waals surface area contributed by atoms with Gasteiger partial charge in [0.2, 0.25) is 0 Å². The summed E-state index contributed by atoms with van der Waals surface area (Å²) in [4.78, 5) is 20.8. The molecule has 0 N–H and O–H groups in total. The van der Waals surface area contributed by atoms with Crippen molar-refractivity contribution in [3.8, 4) is 11.1 Å². The average molecular weight is 610 g/mol. The van der Waals surface area contributed by atoms with Crippen molar-refractivity contribution >= 4 is 32.9 Å². The highest BCUT2D eigenvalue weighted by atomic mass is 32.3. The van der Waals surface area contributed by atoms with E-state index in [0.29, 0.717) is 11.1 Å². The van der Waals surface area contributed by atoms with E-state index in [9.17, 15) is 4.79 Å². The van der Waals surface area contributed by atoms with Gasteiger partial charge in [0.05, 0.1) is 17.1 Å². The van der Waals surface area contributed by atoms with Crippen LogP contribution in [0.4, 0.5) is 17.1 Å². The molecule has 0 radical (unpaired) electrons. The lowest BCUT2D eigenvalue weighted by Gasteiger charge is -2.50. The summed E-state index contributed by atoms with van der Waals surface area (Å²) in [6.45, 7) is 0. The first-order valence-corrected chi connectivity index (χ1v) is 17.1. The highest BCUT2D eigenvalue weighted by Gasteiger charge is 2.42. The Morgan fingerprint density at radius 2 is 0.804 bits per heavy atom. The first kappa shape index (κ1) is 27.9. The Hall–Kier alpha value is -5.64. The predicted octanol–water partition coefficient (Wildman–Crippen LogP) is 11.7. The van der Waals surface area contributed by atoms with E-state index in [1.165, 1.54) is 31.0 Å². The van der Waals surface area contributed by atoms with Crippen LogP contribution in [0.3, 0.4) is 0 Å². The Morgan fingerprint density at radius 3 is 1.35 bits per heavy atom. The van der Waals surface area contributed by atoms with Crippen molar-refractivity contribution in [3.05, 3.63) is 199 Å². The number of ketones is 1. The molecule has 46 heavy (non-hydrogen) atoms. The van der Waals surface area contributed by atoms with Gasteiger partial charge in [0.15, 0.2) is 5.78 Å². The third-order valence-electron chi connectivity index (χ3n) is 8.70. The molecule has 0 saturated heterocycles. The summed E-state index contributed by atoms with van der Waals surface area (Å²) in [6.07, 6.45) is 0. The van der Waals surface area contributed by atoms with Crippen LogP contribution >= 0.6 is 10.0 Å². The Balaban J connectivity index is 1.33. The van der Waals surface area contributed by atoms with E-state index < -0.39 is 10.0 Å². The zero-order valence-electron chi connectivity index (χ0n) is 25.2. The fourth-order valence-electron chi connectivity index (χ4n) is 6.67. The molecule has 3 heteroatoms. The number of rotatable bonds is 6. The first-order valence-electron chi connectivity index (χ1n) is 15.5. The number of hydrogen-bond donors (Lipinski definition) is 0. The number of carbonyl (C=O) groups excluding carboxylic acids is 1. The summed E-state index contributed by atoms with van der Waals surface area (Å²) in [5.74, 6) is 0.0282. The second-order valence-corrected chi connectivity index (χ2v) is 14.3. The Morgan fingerprint density at radius 1 is 0.391 bits per heavy atom. The van der Waals surface area contributed by atoms with Gasteiger partial charge in [0.25, 0.3) is 0 Å². The van der Waals surface area contributed by atoms with Crippen LogP contribution in [0.2, 0.25) is 0 Å². The fourth-order valence-corrected chi connectivity index (χ4v) is 10.8. The van der Waals surface area contributed by atoms with Gasteiger partial charge in [-0.15, -0.1) is 10.0 Å². The van der Waals surface area contributed by atoms with Crippen LogP contribution in [0.25, 0.3) is 11.1 Å². The highest BCUT2D eigenvalue weighted by molar-refractivity contribution is 8.34. The number of benzene rings is 7. The molecule has 0 amide bonds. The minimum absolute atomic E-state index is 0.0282. The monoisotopic (exact) mass is 609 g/mol. The average Bonchev–Trinajstić information content (AvgIpc) is 3.15. The molecule has 1 aliphatic rings. The van der Waals surface area contributed by atoms with Gasteiger partial charge in [0, 0.05) is 36.3 Å². The van der Waals surface area contributed by atoms with Crippen LogP contribution in [-0.4, -0.2) is 5.78 Å². The van der Waals surface area contributed by atoms with E-state index in [0.717, 1.165) is 16.8 Å². The number of nitrogens with zero attached hydrogens (tertiary/aromatic N) is 1. The van der Waals surface area contributed by atoms with E-state index in [4.69, 9.17) is 0 Å². The number of fused-ring (bicyclic) bond motifs is 2. The lowest BCUT2D eigenvalue weighted by Crippen LogP contribution is -2.22. The van der Waals surface area contributed by atoms with Gasteiger partial charge in [-0.2, -0.15) is 0 Å². The molecule has 0 saturated carbocycles. The number of para-hydroxylation sites is 3. The first-order chi connectivity index (χ1) is 22.8. The third-order valence-corrected chi connectivity index (χ3v) is 12.7. The molecule has 220 valence electrons. The summed E-state index contributed by atoms with van der Waals surface area (Å²) in [5, 5.41) is 0. The second kappa shape index (κ2) is 11.7. The summed E-state index contributed by atoms with van der Waals surface area (Å²) in [6, 6.07) is 65.9. The topological polar surface area (TPSA) is 20.3 Å². The molecule has 2 nitrogen and oxygen atoms in total. The van der Waals surface area contributed by atoms with Crippen molar-refractivity contribution in [2.75, 3.05) is 4.90 Å². The van der Waals surface area contributed by atoms with Crippen molar-refractivity contribution in [1.29, 1.82) is 0 Å². The highest BCUT2D eigenvalue weighted by Crippen LogP contribution is 2.79. The smallest absolute Gasteiger partial charge is 0.193 e. The van der Waals surface area contributed by atoms with Gasteiger partial charge in [-0.3, -0.25) is 4.79 Å². The number of carbonyl (C=O) groups is 1. The molecule has 1 aliphatic heterocycles. The predicted molar refractivity (Wildman–Crippen MR) is 190 cm³/mol. The molecule has 0 aliphatic carbocycles. The van der Waals surface area contributed by atoms with Gasteiger partial charge in [0.1, 0.15) is 0 Å². The van der Waals surface area contributed by atoms with Crippen molar-refractivity contribution in [1.82, 2.24) is 0 Å². The van der Waals surface area contributed by atoms with E-state index in [1.807, 2.05) is 42.5 Å². The molecule has 0 spiro atoms. The van der Waals surface area contributed by atoms with Gasteiger partial charge in [-0.1, -0.05) is 133 Å². The third kappa shape index (κ3) is 4.48. The summed E-state index contributed by atoms with van der Waals surface area (Å²) in [5.41, 5.74) is 6.98. The van der Waals surface area contributed by atoms with Gasteiger partial charge in [-0.25, -0.2) is 0 Å². The van der Waals surface area contributed by atoms with Gasteiger partial charge < -0.3 is 4.90 Å². The molecule has 0 aromatic heterocycles. The standard InChI is InChI=1S/C43H31NOS/c45-43(33-16-4-1-5-17-33)34-30-28-32(29-31-34)37-22-10-11-23-38(37)44-39-24-12-14-26-41(39)46(35-18-6-2-7-19-35,36-20-8-3-9-21-36)42-27-15-13-25-40(42)44/h1-31H. The summed E-state index contributed by atoms with van der Waals surface area (Å²) in [7, 11) is -1.81. The van der Waals surface area contributed by atoms with E-state index in [2.05, 4.69) is 150 Å². The number of hydrogen-bond acceptors (Lipinski definition) is 2. The molecule has 0 bridgehead atoms. The lowest BCUT2D eigenvalue weighted by atomic mass is 9.97. The van der Waals surface area contributed by atoms with Crippen LogP contribution in [0.1, 0.15) is 15.9 Å². The quantitative estimate of drug-likeness (QED) is 0.175. The Labute approximate surface area is 271 Å². The van der Waals surface area contributed by atoms with Crippen molar-refractivity contribution in [3.63, 3.8) is 0 Å². The fraction of sp³-hybridized carbons (Fsp3) is 0. The van der Waals surface area contributed by atoms with E-state index in [1.54, 1.807) is 0 Å². The Bertz CT molecular complexity index is 2070. The van der Waals surface area contributed by atoms with Crippen LogP contribution in [-0.2, 0) is 0 Å². The van der Waals surface area contributed by atoms with Crippen LogP contribution in [0, 0.1) is 0 Å². The van der Waals surface area contributed by atoms with E-state index >= 15 is 0 Å².